The zero-order valence-corrected chi connectivity index (χ0v) is 27.7. The van der Waals surface area contributed by atoms with E-state index >= 15 is 0 Å². The average molecular weight is 635 g/mol. The number of primary amides is 1. The topological polar surface area (TPSA) is 206 Å². The Bertz CT molecular complexity index is 1150. The molecule has 2 rings (SSSR count). The molecule has 14 heteroatoms. The standard InChI is InChI=1S/C25H34N4O7.C4H10N2O.C2H6/c1-14(2)19-10-22(33)29(25(19)35)12-21(32)28-23(15(3)4)24(34)26-11-20(31)27-18-8-6-17(7-9-18)13-36-16(5)30;1-2-3-6-4(5)7;1-2/h6-9,14-15,19,23H,10-13H2,1-5H3,(H,26,34)(H,27,31)(H,28,32);2-3H2,1H3,(H3,5,6,7);1-2H3. The summed E-state index contributed by atoms with van der Waals surface area (Å²) in [5.74, 6) is -3.63. The van der Waals surface area contributed by atoms with Crippen LogP contribution in [0.15, 0.2) is 24.3 Å². The largest absolute Gasteiger partial charge is 0.461 e. The van der Waals surface area contributed by atoms with Crippen LogP contribution in [0.25, 0.3) is 0 Å². The molecule has 1 aromatic carbocycles. The number of esters is 1. The van der Waals surface area contributed by atoms with E-state index in [4.69, 9.17) is 10.5 Å². The normalized spacial score (nSPS) is 14.4. The van der Waals surface area contributed by atoms with Crippen LogP contribution < -0.4 is 27.0 Å². The molecule has 6 N–H and O–H groups in total. The van der Waals surface area contributed by atoms with E-state index in [0.717, 1.165) is 16.9 Å². The number of nitrogens with one attached hydrogen (secondary N) is 4. The van der Waals surface area contributed by atoms with Crippen molar-refractivity contribution in [3.63, 3.8) is 0 Å². The number of urea groups is 1. The Morgan fingerprint density at radius 2 is 1.58 bits per heavy atom. The Kier molecular flexibility index (Phi) is 19.1. The number of likely N-dealkylation sites (tertiary alicyclic amines) is 1. The molecule has 2 unspecified atom stereocenters. The van der Waals surface area contributed by atoms with E-state index in [1.165, 1.54) is 6.92 Å². The number of carbonyl (C=O) groups is 7. The Labute approximate surface area is 265 Å². The Morgan fingerprint density at radius 3 is 2.02 bits per heavy atom. The van der Waals surface area contributed by atoms with Crippen LogP contribution in [0, 0.1) is 17.8 Å². The monoisotopic (exact) mass is 634 g/mol. The number of amides is 7. The van der Waals surface area contributed by atoms with E-state index in [1.54, 1.807) is 38.1 Å². The smallest absolute Gasteiger partial charge is 0.312 e. The fourth-order valence-corrected chi connectivity index (χ4v) is 3.89. The molecule has 0 saturated carbocycles. The van der Waals surface area contributed by atoms with Gasteiger partial charge in [-0.1, -0.05) is 60.6 Å². The summed E-state index contributed by atoms with van der Waals surface area (Å²) in [5.41, 5.74) is 5.98. The molecule has 1 aliphatic heterocycles. The van der Waals surface area contributed by atoms with Crippen molar-refractivity contribution in [2.24, 2.45) is 23.5 Å². The highest BCUT2D eigenvalue weighted by molar-refractivity contribution is 6.06. The number of benzene rings is 1. The second kappa shape index (κ2) is 21.3. The molecular formula is C31H50N6O8. The lowest BCUT2D eigenvalue weighted by Crippen LogP contribution is -2.53. The molecule has 1 fully saturated rings. The van der Waals surface area contributed by atoms with Crippen LogP contribution in [0.4, 0.5) is 10.5 Å². The summed E-state index contributed by atoms with van der Waals surface area (Å²) >= 11 is 0. The van der Waals surface area contributed by atoms with Gasteiger partial charge in [0.2, 0.25) is 29.5 Å². The van der Waals surface area contributed by atoms with Crippen molar-refractivity contribution in [1.82, 2.24) is 20.9 Å². The lowest BCUT2D eigenvalue weighted by Gasteiger charge is -2.23. The minimum atomic E-state index is -0.959. The molecule has 0 spiro atoms. The van der Waals surface area contributed by atoms with E-state index in [1.807, 2.05) is 34.6 Å². The zero-order valence-electron chi connectivity index (χ0n) is 27.7. The third-order valence-corrected chi connectivity index (χ3v) is 6.30. The van der Waals surface area contributed by atoms with Gasteiger partial charge in [-0.15, -0.1) is 0 Å². The number of anilines is 1. The first-order chi connectivity index (χ1) is 21.2. The minimum absolute atomic E-state index is 0.0199. The maximum Gasteiger partial charge on any atom is 0.312 e. The van der Waals surface area contributed by atoms with Gasteiger partial charge in [0.25, 0.3) is 0 Å². The predicted octanol–water partition coefficient (Wildman–Crippen LogP) is 2.07. The number of ether oxygens (including phenoxy) is 1. The lowest BCUT2D eigenvalue weighted by atomic mass is 9.94. The minimum Gasteiger partial charge on any atom is -0.461 e. The van der Waals surface area contributed by atoms with Crippen LogP contribution in [-0.4, -0.2) is 72.1 Å². The van der Waals surface area contributed by atoms with Gasteiger partial charge in [0.05, 0.1) is 6.54 Å². The maximum absolute atomic E-state index is 12.7. The summed E-state index contributed by atoms with van der Waals surface area (Å²) in [6.07, 6.45) is 1.00. The molecule has 0 aromatic heterocycles. The molecule has 45 heavy (non-hydrogen) atoms. The van der Waals surface area contributed by atoms with Crippen molar-refractivity contribution >= 4 is 47.2 Å². The molecule has 0 bridgehead atoms. The van der Waals surface area contributed by atoms with Gasteiger partial charge in [-0.2, -0.15) is 0 Å². The number of hydrogen-bond donors (Lipinski definition) is 5. The summed E-state index contributed by atoms with van der Waals surface area (Å²) in [7, 11) is 0. The SMILES string of the molecule is CC.CC(=O)OCc1ccc(NC(=O)CNC(=O)C(NC(=O)CN2C(=O)CC(C(C)C)C2=O)C(C)C)cc1.CCCNC(N)=O. The predicted molar refractivity (Wildman–Crippen MR) is 169 cm³/mol. The quantitative estimate of drug-likeness (QED) is 0.160. The van der Waals surface area contributed by atoms with E-state index in [9.17, 15) is 33.6 Å². The zero-order chi connectivity index (χ0) is 34.7. The molecular weight excluding hydrogens is 584 g/mol. The molecule has 1 aliphatic rings. The molecule has 0 radical (unpaired) electrons. The summed E-state index contributed by atoms with van der Waals surface area (Å²) in [4.78, 5) is 83.7. The Hall–Kier alpha value is -4.49. The van der Waals surface area contributed by atoms with Gasteiger partial charge in [-0.25, -0.2) is 4.79 Å². The first kappa shape index (κ1) is 40.5. The van der Waals surface area contributed by atoms with Crippen molar-refractivity contribution in [2.75, 3.05) is 25.0 Å². The van der Waals surface area contributed by atoms with Crippen molar-refractivity contribution in [3.05, 3.63) is 29.8 Å². The molecule has 2 atom stereocenters. The fraction of sp³-hybridized carbons (Fsp3) is 0.581. The number of carbonyl (C=O) groups excluding carboxylic acids is 7. The third kappa shape index (κ3) is 15.7. The maximum atomic E-state index is 12.7. The molecule has 1 saturated heterocycles. The fourth-order valence-electron chi connectivity index (χ4n) is 3.89. The van der Waals surface area contributed by atoms with Crippen molar-refractivity contribution in [2.45, 2.75) is 80.9 Å². The summed E-state index contributed by atoms with van der Waals surface area (Å²) < 4.78 is 4.90. The molecule has 1 heterocycles. The van der Waals surface area contributed by atoms with Crippen LogP contribution in [-0.2, 0) is 40.1 Å². The Balaban J connectivity index is 0.00000189. The van der Waals surface area contributed by atoms with Gasteiger partial charge in [-0.3, -0.25) is 33.7 Å². The van der Waals surface area contributed by atoms with Gasteiger partial charge >= 0.3 is 12.0 Å². The van der Waals surface area contributed by atoms with E-state index in [-0.39, 0.29) is 37.3 Å². The van der Waals surface area contributed by atoms with E-state index in [0.29, 0.717) is 12.2 Å². The van der Waals surface area contributed by atoms with Crippen LogP contribution >= 0.6 is 0 Å². The van der Waals surface area contributed by atoms with Gasteiger partial charge < -0.3 is 31.7 Å². The summed E-state index contributed by atoms with van der Waals surface area (Å²) in [6, 6.07) is 5.27. The number of nitrogens with zero attached hydrogens (tertiary/aromatic N) is 1. The highest BCUT2D eigenvalue weighted by Gasteiger charge is 2.41. The first-order valence-corrected chi connectivity index (χ1v) is 15.1. The highest BCUT2D eigenvalue weighted by Crippen LogP contribution is 2.26. The highest BCUT2D eigenvalue weighted by atomic mass is 16.5. The van der Waals surface area contributed by atoms with Crippen molar-refractivity contribution < 1.29 is 38.3 Å². The van der Waals surface area contributed by atoms with Crippen LogP contribution in [0.5, 0.6) is 0 Å². The Morgan fingerprint density at radius 1 is 0.978 bits per heavy atom. The molecule has 1 aromatic rings. The van der Waals surface area contributed by atoms with Crippen LogP contribution in [0.3, 0.4) is 0 Å². The first-order valence-electron chi connectivity index (χ1n) is 15.1. The summed E-state index contributed by atoms with van der Waals surface area (Å²) in [5, 5.41) is 10.1. The van der Waals surface area contributed by atoms with Gasteiger partial charge in [0.15, 0.2) is 0 Å². The average Bonchev–Trinajstić information content (AvgIpc) is 3.27. The van der Waals surface area contributed by atoms with Crippen LogP contribution in [0.1, 0.15) is 73.8 Å². The van der Waals surface area contributed by atoms with Crippen LogP contribution in [0.2, 0.25) is 0 Å². The van der Waals surface area contributed by atoms with Gasteiger partial charge in [0.1, 0.15) is 19.2 Å². The molecule has 7 amide bonds. The third-order valence-electron chi connectivity index (χ3n) is 6.30. The van der Waals surface area contributed by atoms with Crippen molar-refractivity contribution in [1.29, 1.82) is 0 Å². The number of hydrogen-bond acceptors (Lipinski definition) is 8. The molecule has 14 nitrogen and oxygen atoms in total. The number of rotatable bonds is 13. The lowest BCUT2D eigenvalue weighted by molar-refractivity contribution is -0.144. The molecule has 252 valence electrons. The van der Waals surface area contributed by atoms with Crippen molar-refractivity contribution in [3.8, 4) is 0 Å². The van der Waals surface area contributed by atoms with Gasteiger partial charge in [0, 0.05) is 31.5 Å². The number of nitrogens with two attached hydrogens (primary N) is 1. The van der Waals surface area contributed by atoms with E-state index < -0.39 is 54.1 Å². The second-order valence-electron chi connectivity index (χ2n) is 10.7. The second-order valence-corrected chi connectivity index (χ2v) is 10.7. The summed E-state index contributed by atoms with van der Waals surface area (Å²) in [6.45, 7) is 14.4. The molecule has 0 aliphatic carbocycles. The number of imide groups is 1. The van der Waals surface area contributed by atoms with Gasteiger partial charge in [-0.05, 0) is 36.0 Å². The van der Waals surface area contributed by atoms with E-state index in [2.05, 4.69) is 21.3 Å².